The summed E-state index contributed by atoms with van der Waals surface area (Å²) in [6, 6.07) is 10.7. The van der Waals surface area contributed by atoms with Gasteiger partial charge in [-0.2, -0.15) is 5.10 Å². The normalized spacial score (nSPS) is 12.0. The fourth-order valence-corrected chi connectivity index (χ4v) is 3.17. The molecule has 126 valence electrons. The number of H-pyrrole nitrogens is 1. The van der Waals surface area contributed by atoms with Gasteiger partial charge in [-0.1, -0.05) is 41.9 Å². The van der Waals surface area contributed by atoms with E-state index in [2.05, 4.69) is 14.9 Å². The van der Waals surface area contributed by atoms with Gasteiger partial charge in [-0.3, -0.25) is 9.82 Å². The van der Waals surface area contributed by atoms with Gasteiger partial charge in [-0.15, -0.1) is 0 Å². The van der Waals surface area contributed by atoms with Gasteiger partial charge in [-0.25, -0.2) is 12.8 Å². The topological polar surface area (TPSA) is 74.8 Å². The summed E-state index contributed by atoms with van der Waals surface area (Å²) in [6.07, 6.45) is 0. The van der Waals surface area contributed by atoms with Crippen molar-refractivity contribution in [3.63, 3.8) is 0 Å². The van der Waals surface area contributed by atoms with E-state index in [9.17, 15) is 12.8 Å². The van der Waals surface area contributed by atoms with Gasteiger partial charge in [0, 0.05) is 10.9 Å². The van der Waals surface area contributed by atoms with Crippen LogP contribution in [0.2, 0.25) is 5.02 Å². The Bertz CT molecular complexity index is 1000. The van der Waals surface area contributed by atoms with Crippen molar-refractivity contribution in [2.45, 2.75) is 19.1 Å². The fourth-order valence-electron chi connectivity index (χ4n) is 2.25. The fraction of sp³-hybridized carbons (Fsp3) is 0.188. The van der Waals surface area contributed by atoms with Crippen molar-refractivity contribution in [3.05, 3.63) is 47.2 Å². The van der Waals surface area contributed by atoms with Crippen LogP contribution in [0.25, 0.3) is 22.0 Å². The van der Waals surface area contributed by atoms with Crippen LogP contribution in [-0.4, -0.2) is 23.9 Å². The van der Waals surface area contributed by atoms with Crippen molar-refractivity contribution in [1.82, 2.24) is 10.2 Å². The van der Waals surface area contributed by atoms with Gasteiger partial charge in [0.05, 0.1) is 10.3 Å². The SMILES string of the molecule is CC(C)S(=O)(=O)Nc1n[nH]c2c(F)c(Cl)c(-c3ccccc3)cc12. The highest BCUT2D eigenvalue weighted by Crippen LogP contribution is 2.37. The Balaban J connectivity index is 2.20. The van der Waals surface area contributed by atoms with E-state index in [1.165, 1.54) is 0 Å². The van der Waals surface area contributed by atoms with Crippen LogP contribution >= 0.6 is 11.6 Å². The molecule has 2 N–H and O–H groups in total. The molecule has 1 aromatic heterocycles. The monoisotopic (exact) mass is 367 g/mol. The molecule has 0 aliphatic rings. The predicted molar refractivity (Wildman–Crippen MR) is 94.2 cm³/mol. The molecule has 0 amide bonds. The Kier molecular flexibility index (Phi) is 4.23. The largest absolute Gasteiger partial charge is 0.273 e. The number of anilines is 1. The van der Waals surface area contributed by atoms with Gasteiger partial charge in [0.2, 0.25) is 10.0 Å². The number of sulfonamides is 1. The maximum atomic E-state index is 14.6. The van der Waals surface area contributed by atoms with Crippen LogP contribution in [0.5, 0.6) is 0 Å². The van der Waals surface area contributed by atoms with Gasteiger partial charge in [-0.05, 0) is 25.5 Å². The lowest BCUT2D eigenvalue weighted by Crippen LogP contribution is -2.22. The average molecular weight is 368 g/mol. The third kappa shape index (κ3) is 2.85. The zero-order valence-corrected chi connectivity index (χ0v) is 14.5. The molecule has 2 aromatic carbocycles. The highest BCUT2D eigenvalue weighted by molar-refractivity contribution is 7.93. The van der Waals surface area contributed by atoms with Crippen LogP contribution < -0.4 is 4.72 Å². The first kappa shape index (κ1) is 16.7. The van der Waals surface area contributed by atoms with E-state index in [0.29, 0.717) is 10.9 Å². The van der Waals surface area contributed by atoms with E-state index in [1.54, 1.807) is 32.0 Å². The summed E-state index contributed by atoms with van der Waals surface area (Å²) in [5.41, 5.74) is 1.25. The molecule has 0 fully saturated rings. The molecule has 0 saturated heterocycles. The molecule has 0 atom stereocenters. The van der Waals surface area contributed by atoms with Crippen LogP contribution in [0.4, 0.5) is 10.2 Å². The molecule has 24 heavy (non-hydrogen) atoms. The molecule has 0 unspecified atom stereocenters. The number of aromatic amines is 1. The minimum Gasteiger partial charge on any atom is -0.273 e. The maximum absolute atomic E-state index is 14.6. The summed E-state index contributed by atoms with van der Waals surface area (Å²) in [5, 5.41) is 6.02. The Labute approximate surface area is 143 Å². The minimum atomic E-state index is -3.60. The summed E-state index contributed by atoms with van der Waals surface area (Å²) in [5.74, 6) is -0.623. The number of benzene rings is 2. The summed E-state index contributed by atoms with van der Waals surface area (Å²) in [7, 11) is -3.60. The van der Waals surface area contributed by atoms with E-state index >= 15 is 0 Å². The molecule has 0 spiro atoms. The van der Waals surface area contributed by atoms with Crippen molar-refractivity contribution >= 4 is 38.3 Å². The first-order valence-electron chi connectivity index (χ1n) is 7.24. The molecule has 0 aliphatic heterocycles. The van der Waals surface area contributed by atoms with Crippen molar-refractivity contribution < 1.29 is 12.8 Å². The molecule has 0 saturated carbocycles. The number of rotatable bonds is 4. The van der Waals surface area contributed by atoms with Crippen molar-refractivity contribution in [3.8, 4) is 11.1 Å². The molecule has 0 bridgehead atoms. The van der Waals surface area contributed by atoms with Crippen molar-refractivity contribution in [2.24, 2.45) is 0 Å². The highest BCUT2D eigenvalue weighted by atomic mass is 35.5. The molecule has 0 radical (unpaired) electrons. The highest BCUT2D eigenvalue weighted by Gasteiger charge is 2.22. The van der Waals surface area contributed by atoms with Crippen molar-refractivity contribution in [2.75, 3.05) is 4.72 Å². The molecular formula is C16H15ClFN3O2S. The number of aromatic nitrogens is 2. The summed E-state index contributed by atoms with van der Waals surface area (Å²) in [4.78, 5) is 0. The van der Waals surface area contributed by atoms with E-state index in [-0.39, 0.29) is 16.4 Å². The smallest absolute Gasteiger partial charge is 0.236 e. The number of nitrogens with zero attached hydrogens (tertiary/aromatic N) is 1. The minimum absolute atomic E-state index is 0.0457. The lowest BCUT2D eigenvalue weighted by Gasteiger charge is -2.10. The molecule has 3 rings (SSSR count). The van der Waals surface area contributed by atoms with Crippen LogP contribution in [0.15, 0.2) is 36.4 Å². The van der Waals surface area contributed by atoms with Gasteiger partial charge < -0.3 is 0 Å². The number of hydrogen-bond acceptors (Lipinski definition) is 3. The average Bonchev–Trinajstić information content (AvgIpc) is 2.94. The summed E-state index contributed by atoms with van der Waals surface area (Å²) in [6.45, 7) is 3.09. The van der Waals surface area contributed by atoms with E-state index < -0.39 is 21.1 Å². The molecule has 0 aliphatic carbocycles. The van der Waals surface area contributed by atoms with Gasteiger partial charge in [0.1, 0.15) is 5.52 Å². The third-order valence-corrected chi connectivity index (χ3v) is 5.77. The Morgan fingerprint density at radius 3 is 2.54 bits per heavy atom. The Morgan fingerprint density at radius 1 is 1.25 bits per heavy atom. The maximum Gasteiger partial charge on any atom is 0.236 e. The van der Waals surface area contributed by atoms with Crippen LogP contribution in [0.3, 0.4) is 0 Å². The van der Waals surface area contributed by atoms with Gasteiger partial charge in [0.25, 0.3) is 0 Å². The second kappa shape index (κ2) is 6.07. The van der Waals surface area contributed by atoms with Crippen LogP contribution in [0.1, 0.15) is 13.8 Å². The lowest BCUT2D eigenvalue weighted by atomic mass is 10.0. The second-order valence-electron chi connectivity index (χ2n) is 5.61. The molecule has 8 heteroatoms. The zero-order chi connectivity index (χ0) is 17.5. The standard InChI is InChI=1S/C16H15ClFN3O2S/c1-9(2)24(22,23)21-16-12-8-11(10-6-4-3-5-7-10)13(17)14(18)15(12)19-20-16/h3-9H,1-2H3,(H2,19,20,21). The van der Waals surface area contributed by atoms with Gasteiger partial charge >= 0.3 is 0 Å². The van der Waals surface area contributed by atoms with E-state index in [0.717, 1.165) is 5.56 Å². The number of nitrogens with one attached hydrogen (secondary N) is 2. The number of hydrogen-bond donors (Lipinski definition) is 2. The molecule has 3 aromatic rings. The molecular weight excluding hydrogens is 353 g/mol. The van der Waals surface area contributed by atoms with Crippen LogP contribution in [-0.2, 0) is 10.0 Å². The molecule has 5 nitrogen and oxygen atoms in total. The van der Waals surface area contributed by atoms with Gasteiger partial charge in [0.15, 0.2) is 11.6 Å². The quantitative estimate of drug-likeness (QED) is 0.726. The molecule has 1 heterocycles. The van der Waals surface area contributed by atoms with Crippen molar-refractivity contribution in [1.29, 1.82) is 0 Å². The van der Waals surface area contributed by atoms with E-state index in [1.807, 2.05) is 18.2 Å². The predicted octanol–water partition coefficient (Wildman–Crippen LogP) is 4.17. The lowest BCUT2D eigenvalue weighted by molar-refractivity contribution is 0.592. The summed E-state index contributed by atoms with van der Waals surface area (Å²) < 4.78 is 41.1. The Hall–Kier alpha value is -2.12. The zero-order valence-electron chi connectivity index (χ0n) is 13.0. The third-order valence-electron chi connectivity index (χ3n) is 3.69. The first-order valence-corrected chi connectivity index (χ1v) is 9.17. The second-order valence-corrected chi connectivity index (χ2v) is 8.22. The number of halogens is 2. The van der Waals surface area contributed by atoms with Crippen LogP contribution in [0, 0.1) is 5.82 Å². The van der Waals surface area contributed by atoms with E-state index in [4.69, 9.17) is 11.6 Å². The summed E-state index contributed by atoms with van der Waals surface area (Å²) >= 11 is 6.14. The number of fused-ring (bicyclic) bond motifs is 1. The first-order chi connectivity index (χ1) is 11.3. The Morgan fingerprint density at radius 2 is 1.92 bits per heavy atom.